The molecule has 1 aliphatic rings. The Hall–Kier alpha value is -3.53. The van der Waals surface area contributed by atoms with E-state index in [1.165, 1.54) is 19.5 Å². The fraction of sp³-hybridized carbons (Fsp3) is 0.333. The number of rotatable bonds is 5. The standard InChI is InChI=1S/C24H26F3N5O2/c1-31(23(28)29)22(33)18-13-16-17(24(25,26)27)9-10-20(21(16)30-18)34-19-8-4-3-7-15(19)14-32-11-5-2-6-12-32/h3-4,7-10,13,30H,2,5-6,11-12,14H2,1H3,(H3,28,29). The van der Waals surface area contributed by atoms with Gasteiger partial charge in [0.15, 0.2) is 11.7 Å². The summed E-state index contributed by atoms with van der Waals surface area (Å²) < 4.78 is 47.2. The van der Waals surface area contributed by atoms with Crippen LogP contribution in [-0.2, 0) is 12.7 Å². The average molecular weight is 473 g/mol. The number of piperidine rings is 1. The number of H-pyrrole nitrogens is 1. The van der Waals surface area contributed by atoms with Crippen molar-refractivity contribution in [2.24, 2.45) is 5.73 Å². The molecule has 0 atom stereocenters. The van der Waals surface area contributed by atoms with Crippen LogP contribution in [0.2, 0.25) is 0 Å². The summed E-state index contributed by atoms with van der Waals surface area (Å²) >= 11 is 0. The number of aromatic nitrogens is 1. The quantitative estimate of drug-likeness (QED) is 0.361. The zero-order valence-electron chi connectivity index (χ0n) is 18.7. The number of ether oxygens (including phenoxy) is 1. The maximum Gasteiger partial charge on any atom is 0.417 e. The van der Waals surface area contributed by atoms with Gasteiger partial charge in [0.25, 0.3) is 5.91 Å². The number of aromatic amines is 1. The molecule has 1 amide bonds. The van der Waals surface area contributed by atoms with E-state index in [4.69, 9.17) is 15.9 Å². The fourth-order valence-electron chi connectivity index (χ4n) is 4.14. The number of nitrogens with one attached hydrogen (secondary N) is 2. The van der Waals surface area contributed by atoms with Gasteiger partial charge >= 0.3 is 6.18 Å². The number of carbonyl (C=O) groups excluding carboxylic acids is 1. The van der Waals surface area contributed by atoms with Crippen LogP contribution in [0.1, 0.15) is 40.9 Å². The number of nitrogens with two attached hydrogens (primary N) is 1. The SMILES string of the molecule is CN(C(=N)N)C(=O)c1cc2c(C(F)(F)F)ccc(Oc3ccccc3CN3CCCCC3)c2[nH]1. The maximum atomic E-state index is 13.7. The number of carbonyl (C=O) groups is 1. The number of para-hydroxylation sites is 1. The molecule has 4 rings (SSSR count). The van der Waals surface area contributed by atoms with Gasteiger partial charge in [0.1, 0.15) is 11.4 Å². The average Bonchev–Trinajstić information content (AvgIpc) is 3.25. The lowest BCUT2D eigenvalue weighted by atomic mass is 10.1. The van der Waals surface area contributed by atoms with Crippen LogP contribution < -0.4 is 10.5 Å². The second kappa shape index (κ2) is 9.38. The summed E-state index contributed by atoms with van der Waals surface area (Å²) in [7, 11) is 1.27. The van der Waals surface area contributed by atoms with Gasteiger partial charge in [-0.3, -0.25) is 20.0 Å². The van der Waals surface area contributed by atoms with Gasteiger partial charge in [0, 0.05) is 24.5 Å². The molecule has 0 bridgehead atoms. The number of nitrogens with zero attached hydrogens (tertiary/aromatic N) is 2. The van der Waals surface area contributed by atoms with Gasteiger partial charge in [0.2, 0.25) is 0 Å². The van der Waals surface area contributed by atoms with Crippen molar-refractivity contribution in [1.82, 2.24) is 14.8 Å². The van der Waals surface area contributed by atoms with Crippen LogP contribution >= 0.6 is 0 Å². The molecule has 0 aliphatic carbocycles. The second-order valence-corrected chi connectivity index (χ2v) is 8.38. The Morgan fingerprint density at radius 3 is 2.53 bits per heavy atom. The fourth-order valence-corrected chi connectivity index (χ4v) is 4.14. The number of amides is 1. The molecule has 0 unspecified atom stereocenters. The largest absolute Gasteiger partial charge is 0.455 e. The topological polar surface area (TPSA) is 98.4 Å². The summed E-state index contributed by atoms with van der Waals surface area (Å²) in [5.41, 5.74) is 5.31. The third kappa shape index (κ3) is 4.86. The molecule has 1 fully saturated rings. The molecule has 2 heterocycles. The molecule has 1 aromatic heterocycles. The smallest absolute Gasteiger partial charge is 0.417 e. The second-order valence-electron chi connectivity index (χ2n) is 8.38. The van der Waals surface area contributed by atoms with E-state index >= 15 is 0 Å². The monoisotopic (exact) mass is 473 g/mol. The van der Waals surface area contributed by atoms with E-state index < -0.39 is 23.6 Å². The van der Waals surface area contributed by atoms with E-state index in [-0.39, 0.29) is 22.3 Å². The molecular weight excluding hydrogens is 447 g/mol. The highest BCUT2D eigenvalue weighted by molar-refractivity contribution is 6.06. The van der Waals surface area contributed by atoms with E-state index in [1.54, 1.807) is 6.07 Å². The third-order valence-electron chi connectivity index (χ3n) is 5.99. The number of fused-ring (bicyclic) bond motifs is 1. The predicted octanol–water partition coefficient (Wildman–Crippen LogP) is 4.93. The van der Waals surface area contributed by atoms with Crippen LogP contribution in [0.25, 0.3) is 10.9 Å². The first-order valence-electron chi connectivity index (χ1n) is 11.0. The summed E-state index contributed by atoms with van der Waals surface area (Å²) in [6, 6.07) is 10.7. The lowest BCUT2D eigenvalue weighted by Gasteiger charge is -2.27. The van der Waals surface area contributed by atoms with Crippen molar-refractivity contribution in [1.29, 1.82) is 5.41 Å². The van der Waals surface area contributed by atoms with Gasteiger partial charge in [-0.2, -0.15) is 13.2 Å². The molecule has 0 saturated carbocycles. The zero-order valence-corrected chi connectivity index (χ0v) is 18.7. The Morgan fingerprint density at radius 2 is 1.85 bits per heavy atom. The number of hydrogen-bond donors (Lipinski definition) is 3. The molecule has 0 spiro atoms. The molecule has 3 aromatic rings. The zero-order chi connectivity index (χ0) is 24.5. The lowest BCUT2D eigenvalue weighted by Crippen LogP contribution is -2.38. The number of halogens is 3. The minimum Gasteiger partial charge on any atom is -0.455 e. The van der Waals surface area contributed by atoms with Gasteiger partial charge in [-0.15, -0.1) is 0 Å². The molecule has 1 saturated heterocycles. The van der Waals surface area contributed by atoms with Gasteiger partial charge < -0.3 is 15.5 Å². The van der Waals surface area contributed by atoms with Crippen LogP contribution in [0.5, 0.6) is 11.5 Å². The Kier molecular flexibility index (Phi) is 6.52. The molecule has 0 radical (unpaired) electrons. The van der Waals surface area contributed by atoms with Crippen molar-refractivity contribution < 1.29 is 22.7 Å². The molecular formula is C24H26F3N5O2. The maximum absolute atomic E-state index is 13.7. The minimum absolute atomic E-state index is 0.0444. The van der Waals surface area contributed by atoms with Crippen LogP contribution in [0.15, 0.2) is 42.5 Å². The van der Waals surface area contributed by atoms with Crippen LogP contribution in [0.4, 0.5) is 13.2 Å². The normalized spacial score (nSPS) is 14.8. The lowest BCUT2D eigenvalue weighted by molar-refractivity contribution is -0.136. The molecule has 4 N–H and O–H groups in total. The number of likely N-dealkylation sites (tertiary alicyclic amines) is 1. The minimum atomic E-state index is -4.63. The van der Waals surface area contributed by atoms with E-state index in [2.05, 4.69) is 9.88 Å². The molecule has 34 heavy (non-hydrogen) atoms. The van der Waals surface area contributed by atoms with Crippen molar-refractivity contribution in [3.8, 4) is 11.5 Å². The van der Waals surface area contributed by atoms with Gasteiger partial charge in [-0.25, -0.2) is 0 Å². The van der Waals surface area contributed by atoms with E-state index in [0.717, 1.165) is 48.5 Å². The van der Waals surface area contributed by atoms with Gasteiger partial charge in [-0.05, 0) is 50.2 Å². The Morgan fingerprint density at radius 1 is 1.15 bits per heavy atom. The highest BCUT2D eigenvalue weighted by Crippen LogP contribution is 2.40. The van der Waals surface area contributed by atoms with Crippen LogP contribution in [-0.4, -0.2) is 46.8 Å². The van der Waals surface area contributed by atoms with Crippen molar-refractivity contribution in [2.45, 2.75) is 32.0 Å². The van der Waals surface area contributed by atoms with E-state index in [1.807, 2.05) is 18.2 Å². The van der Waals surface area contributed by atoms with Crippen LogP contribution in [0.3, 0.4) is 0 Å². The molecule has 180 valence electrons. The van der Waals surface area contributed by atoms with Crippen molar-refractivity contribution >= 4 is 22.8 Å². The van der Waals surface area contributed by atoms with Crippen molar-refractivity contribution in [3.63, 3.8) is 0 Å². The Bertz CT molecular complexity index is 1220. The number of benzene rings is 2. The third-order valence-corrected chi connectivity index (χ3v) is 5.99. The van der Waals surface area contributed by atoms with Crippen molar-refractivity contribution in [2.75, 3.05) is 20.1 Å². The Labute approximate surface area is 194 Å². The van der Waals surface area contributed by atoms with Crippen molar-refractivity contribution in [3.05, 3.63) is 59.3 Å². The summed E-state index contributed by atoms with van der Waals surface area (Å²) in [6.45, 7) is 2.66. The summed E-state index contributed by atoms with van der Waals surface area (Å²) in [4.78, 5) is 18.5. The molecule has 7 nitrogen and oxygen atoms in total. The van der Waals surface area contributed by atoms with E-state index in [9.17, 15) is 18.0 Å². The summed E-state index contributed by atoms with van der Waals surface area (Å²) in [6.07, 6.45) is -1.14. The molecule has 1 aliphatic heterocycles. The molecule has 2 aromatic carbocycles. The first-order chi connectivity index (χ1) is 16.1. The van der Waals surface area contributed by atoms with Crippen LogP contribution in [0, 0.1) is 5.41 Å². The van der Waals surface area contributed by atoms with Gasteiger partial charge in [-0.1, -0.05) is 24.6 Å². The van der Waals surface area contributed by atoms with E-state index in [0.29, 0.717) is 12.3 Å². The summed E-state index contributed by atoms with van der Waals surface area (Å²) in [5.74, 6) is -0.549. The highest BCUT2D eigenvalue weighted by atomic mass is 19.4. The molecule has 10 heteroatoms. The number of alkyl halides is 3. The highest BCUT2D eigenvalue weighted by Gasteiger charge is 2.34. The Balaban J connectivity index is 1.74. The first-order valence-corrected chi connectivity index (χ1v) is 11.0. The number of hydrogen-bond acceptors (Lipinski definition) is 4. The number of guanidine groups is 1. The first kappa shape index (κ1) is 23.6. The predicted molar refractivity (Wildman–Crippen MR) is 123 cm³/mol. The van der Waals surface area contributed by atoms with Gasteiger partial charge in [0.05, 0.1) is 11.1 Å². The summed E-state index contributed by atoms with van der Waals surface area (Å²) in [5, 5.41) is 7.24.